The van der Waals surface area contributed by atoms with E-state index in [1.54, 1.807) is 42.5 Å². The second kappa shape index (κ2) is 9.40. The Hall–Kier alpha value is -2.74. The summed E-state index contributed by atoms with van der Waals surface area (Å²) < 4.78 is 11.9. The summed E-state index contributed by atoms with van der Waals surface area (Å²) in [5.41, 5.74) is 2.92. The van der Waals surface area contributed by atoms with Gasteiger partial charge in [-0.25, -0.2) is 14.6 Å². The summed E-state index contributed by atoms with van der Waals surface area (Å²) in [5, 5.41) is 0.528. The third-order valence-corrected chi connectivity index (χ3v) is 6.02. The van der Waals surface area contributed by atoms with Crippen LogP contribution in [0.2, 0.25) is 5.02 Å². The fourth-order valence-electron chi connectivity index (χ4n) is 2.99. The quantitative estimate of drug-likeness (QED) is 0.196. The molecule has 0 fully saturated rings. The Morgan fingerprint density at radius 3 is 2.38 bits per heavy atom. The van der Waals surface area contributed by atoms with Gasteiger partial charge in [0.25, 0.3) is 0 Å². The zero-order valence-electron chi connectivity index (χ0n) is 16.6. The van der Waals surface area contributed by atoms with E-state index in [-0.39, 0.29) is 11.6 Å². The van der Waals surface area contributed by atoms with Gasteiger partial charge in [0.05, 0.1) is 14.5 Å². The van der Waals surface area contributed by atoms with Crippen molar-refractivity contribution in [1.82, 2.24) is 0 Å². The normalized spacial score (nSPS) is 14.3. The molecular formula is C24H14Br2ClNO4. The van der Waals surface area contributed by atoms with Gasteiger partial charge in [0.1, 0.15) is 0 Å². The van der Waals surface area contributed by atoms with Crippen LogP contribution < -0.4 is 4.74 Å². The minimum absolute atomic E-state index is 0.174. The lowest BCUT2D eigenvalue weighted by atomic mass is 10.1. The van der Waals surface area contributed by atoms with E-state index < -0.39 is 11.9 Å². The second-order valence-corrected chi connectivity index (χ2v) is 9.01. The molecule has 0 aromatic heterocycles. The van der Waals surface area contributed by atoms with Gasteiger partial charge in [-0.2, -0.15) is 0 Å². The predicted octanol–water partition coefficient (Wildman–Crippen LogP) is 6.74. The van der Waals surface area contributed by atoms with Crippen LogP contribution in [0.5, 0.6) is 5.75 Å². The van der Waals surface area contributed by atoms with Crippen molar-refractivity contribution in [2.45, 2.75) is 6.92 Å². The molecule has 0 unspecified atom stereocenters. The van der Waals surface area contributed by atoms with Gasteiger partial charge in [-0.3, -0.25) is 0 Å². The van der Waals surface area contributed by atoms with Crippen LogP contribution in [0.1, 0.15) is 27.0 Å². The van der Waals surface area contributed by atoms with Crippen LogP contribution in [0.25, 0.3) is 6.08 Å². The summed E-state index contributed by atoms with van der Waals surface area (Å²) >= 11 is 12.7. The first-order valence-electron chi connectivity index (χ1n) is 9.37. The average Bonchev–Trinajstić information content (AvgIpc) is 3.11. The molecule has 3 aromatic carbocycles. The molecule has 0 saturated carbocycles. The summed E-state index contributed by atoms with van der Waals surface area (Å²) in [6.07, 6.45) is 1.61. The fourth-order valence-corrected chi connectivity index (χ4v) is 4.50. The van der Waals surface area contributed by atoms with E-state index >= 15 is 0 Å². The van der Waals surface area contributed by atoms with Crippen molar-refractivity contribution in [1.29, 1.82) is 0 Å². The lowest BCUT2D eigenvalue weighted by molar-refractivity contribution is -0.129. The molecule has 1 aliphatic heterocycles. The van der Waals surface area contributed by atoms with Crippen molar-refractivity contribution >= 4 is 67.4 Å². The van der Waals surface area contributed by atoms with E-state index in [1.807, 2.05) is 31.2 Å². The van der Waals surface area contributed by atoms with E-state index in [4.69, 9.17) is 21.1 Å². The van der Waals surface area contributed by atoms with E-state index in [2.05, 4.69) is 36.9 Å². The van der Waals surface area contributed by atoms with E-state index in [0.29, 0.717) is 30.8 Å². The number of carbonyl (C=O) groups excluding carboxylic acids is 2. The maximum absolute atomic E-state index is 12.4. The molecule has 1 aliphatic rings. The molecule has 0 bridgehead atoms. The van der Waals surface area contributed by atoms with Crippen molar-refractivity contribution in [2.24, 2.45) is 4.99 Å². The fraction of sp³-hybridized carbons (Fsp3) is 0.0417. The van der Waals surface area contributed by atoms with Crippen LogP contribution in [-0.4, -0.2) is 17.8 Å². The topological polar surface area (TPSA) is 65.0 Å². The van der Waals surface area contributed by atoms with Crippen LogP contribution in [-0.2, 0) is 9.53 Å². The Balaban J connectivity index is 1.60. The lowest BCUT2D eigenvalue weighted by Gasteiger charge is -2.10. The maximum atomic E-state index is 12.4. The molecule has 0 atom stereocenters. The van der Waals surface area contributed by atoms with Gasteiger partial charge in [0.15, 0.2) is 11.4 Å². The van der Waals surface area contributed by atoms with Crippen molar-refractivity contribution in [3.05, 3.63) is 103 Å². The zero-order chi connectivity index (χ0) is 22.8. The molecule has 0 saturated heterocycles. The molecule has 0 N–H and O–H groups in total. The third kappa shape index (κ3) is 4.85. The summed E-state index contributed by atoms with van der Waals surface area (Å²) in [5.74, 6) is -0.481. The number of nitrogens with zero attached hydrogens (tertiary/aromatic N) is 1. The molecule has 160 valence electrons. The van der Waals surface area contributed by atoms with Crippen LogP contribution in [0, 0.1) is 6.92 Å². The molecule has 0 spiro atoms. The smallest absolute Gasteiger partial charge is 0.363 e. The van der Waals surface area contributed by atoms with Crippen molar-refractivity contribution < 1.29 is 19.1 Å². The highest BCUT2D eigenvalue weighted by Crippen LogP contribution is 2.36. The third-order valence-electron chi connectivity index (χ3n) is 4.59. The van der Waals surface area contributed by atoms with E-state index in [9.17, 15) is 9.59 Å². The number of esters is 2. The molecule has 0 radical (unpaired) electrons. The molecule has 1 heterocycles. The predicted molar refractivity (Wildman–Crippen MR) is 130 cm³/mol. The molecule has 8 heteroatoms. The lowest BCUT2D eigenvalue weighted by Crippen LogP contribution is -2.09. The summed E-state index contributed by atoms with van der Waals surface area (Å²) in [6.45, 7) is 1.92. The Bertz CT molecular complexity index is 1280. The summed E-state index contributed by atoms with van der Waals surface area (Å²) in [6, 6.07) is 17.4. The van der Waals surface area contributed by atoms with E-state index in [0.717, 1.165) is 11.1 Å². The van der Waals surface area contributed by atoms with E-state index in [1.165, 1.54) is 0 Å². The van der Waals surface area contributed by atoms with Crippen LogP contribution in [0.4, 0.5) is 0 Å². The van der Waals surface area contributed by atoms with Gasteiger partial charge >= 0.3 is 11.9 Å². The Labute approximate surface area is 206 Å². The van der Waals surface area contributed by atoms with Gasteiger partial charge in [0.2, 0.25) is 5.90 Å². The highest BCUT2D eigenvalue weighted by molar-refractivity contribution is 9.11. The number of hydrogen-bond acceptors (Lipinski definition) is 5. The molecule has 32 heavy (non-hydrogen) atoms. The van der Waals surface area contributed by atoms with Gasteiger partial charge < -0.3 is 9.47 Å². The van der Waals surface area contributed by atoms with Crippen LogP contribution in [0.3, 0.4) is 0 Å². The minimum atomic E-state index is -0.534. The Morgan fingerprint density at radius 2 is 1.72 bits per heavy atom. The highest BCUT2D eigenvalue weighted by Gasteiger charge is 2.25. The monoisotopic (exact) mass is 573 g/mol. The number of benzene rings is 3. The number of cyclic esters (lactones) is 1. The molecule has 0 aliphatic carbocycles. The SMILES string of the molecule is Cc1ccccc1C1=N/C(=C\c2cc(Br)c(OC(=O)c3ccc(Cl)cc3)c(Br)c2)C(=O)O1. The molecule has 5 nitrogen and oxygen atoms in total. The average molecular weight is 576 g/mol. The Morgan fingerprint density at radius 1 is 1.06 bits per heavy atom. The first-order chi connectivity index (χ1) is 15.3. The number of carbonyl (C=O) groups is 2. The van der Waals surface area contributed by atoms with Gasteiger partial charge in [-0.15, -0.1) is 0 Å². The number of halogens is 3. The number of ether oxygens (including phenoxy) is 2. The maximum Gasteiger partial charge on any atom is 0.363 e. The number of rotatable bonds is 4. The van der Waals surface area contributed by atoms with Gasteiger partial charge in [-0.05, 0) is 98.5 Å². The van der Waals surface area contributed by atoms with Crippen molar-refractivity contribution in [3.63, 3.8) is 0 Å². The minimum Gasteiger partial charge on any atom is -0.421 e. The van der Waals surface area contributed by atoms with Gasteiger partial charge in [0, 0.05) is 10.6 Å². The zero-order valence-corrected chi connectivity index (χ0v) is 20.5. The first kappa shape index (κ1) is 22.5. The number of hydrogen-bond donors (Lipinski definition) is 0. The summed E-state index contributed by atoms with van der Waals surface area (Å²) in [4.78, 5) is 29.1. The Kier molecular flexibility index (Phi) is 6.60. The first-order valence-corrected chi connectivity index (χ1v) is 11.3. The van der Waals surface area contributed by atoms with Crippen LogP contribution >= 0.6 is 43.5 Å². The van der Waals surface area contributed by atoms with Crippen molar-refractivity contribution in [3.8, 4) is 5.75 Å². The standard InChI is InChI=1S/C24H14Br2ClNO4/c1-13-4-2-3-5-17(13)22-28-20(24(30)32-22)12-14-10-18(25)21(19(26)11-14)31-23(29)15-6-8-16(27)9-7-15/h2-12H,1H3/b20-12-. The molecule has 0 amide bonds. The number of aliphatic imine (C=N–C) groups is 1. The van der Waals surface area contributed by atoms with Gasteiger partial charge in [-0.1, -0.05) is 29.8 Å². The van der Waals surface area contributed by atoms with Crippen molar-refractivity contribution in [2.75, 3.05) is 0 Å². The van der Waals surface area contributed by atoms with Crippen LogP contribution in [0.15, 0.2) is 80.3 Å². The number of aryl methyl sites for hydroxylation is 1. The summed E-state index contributed by atoms with van der Waals surface area (Å²) in [7, 11) is 0. The second-order valence-electron chi connectivity index (χ2n) is 6.86. The molecule has 3 aromatic rings. The highest BCUT2D eigenvalue weighted by atomic mass is 79.9. The largest absolute Gasteiger partial charge is 0.421 e. The molecular weight excluding hydrogens is 562 g/mol. The molecule has 4 rings (SSSR count).